The van der Waals surface area contributed by atoms with E-state index < -0.39 is 17.7 Å². The van der Waals surface area contributed by atoms with Gasteiger partial charge >= 0.3 is 0 Å². The van der Waals surface area contributed by atoms with E-state index in [0.717, 1.165) is 11.1 Å². The number of rotatable bonds is 9. The zero-order chi connectivity index (χ0) is 28.1. The second-order valence-electron chi connectivity index (χ2n) is 9.19. The molecule has 2 heterocycles. The largest absolute Gasteiger partial charge is 0.507 e. The van der Waals surface area contributed by atoms with Gasteiger partial charge < -0.3 is 24.2 Å². The number of aliphatic hydroxyl groups is 1. The highest BCUT2D eigenvalue weighted by molar-refractivity contribution is 6.46. The molecular formula is C32H28N2O6. The van der Waals surface area contributed by atoms with Crippen molar-refractivity contribution in [2.24, 2.45) is 0 Å². The molecule has 8 heteroatoms. The molecule has 4 aromatic rings. The van der Waals surface area contributed by atoms with Crippen molar-refractivity contribution in [2.75, 3.05) is 14.2 Å². The Kier molecular flexibility index (Phi) is 7.77. The van der Waals surface area contributed by atoms with Gasteiger partial charge in [0.05, 0.1) is 25.8 Å². The molecule has 0 saturated carbocycles. The quantitative estimate of drug-likeness (QED) is 0.176. The van der Waals surface area contributed by atoms with Crippen LogP contribution in [0.1, 0.15) is 28.3 Å². The third-order valence-corrected chi connectivity index (χ3v) is 6.72. The molecular weight excluding hydrogens is 508 g/mol. The lowest BCUT2D eigenvalue weighted by Gasteiger charge is -2.27. The van der Waals surface area contributed by atoms with Gasteiger partial charge in [-0.15, -0.1) is 0 Å². The predicted molar refractivity (Wildman–Crippen MR) is 149 cm³/mol. The molecule has 40 heavy (non-hydrogen) atoms. The Morgan fingerprint density at radius 1 is 0.875 bits per heavy atom. The highest BCUT2D eigenvalue weighted by Crippen LogP contribution is 2.44. The highest BCUT2D eigenvalue weighted by Gasteiger charge is 2.47. The Morgan fingerprint density at radius 3 is 2.27 bits per heavy atom. The number of hydrogen-bond donors (Lipinski definition) is 1. The van der Waals surface area contributed by atoms with E-state index >= 15 is 0 Å². The highest BCUT2D eigenvalue weighted by atomic mass is 16.5. The van der Waals surface area contributed by atoms with Crippen molar-refractivity contribution >= 4 is 17.4 Å². The van der Waals surface area contributed by atoms with Crippen LogP contribution in [0.4, 0.5) is 0 Å². The monoisotopic (exact) mass is 536 g/mol. The first-order chi connectivity index (χ1) is 19.5. The number of ketones is 1. The van der Waals surface area contributed by atoms with Crippen LogP contribution in [0.2, 0.25) is 0 Å². The van der Waals surface area contributed by atoms with Crippen LogP contribution < -0.4 is 14.2 Å². The zero-order valence-corrected chi connectivity index (χ0v) is 22.1. The summed E-state index contributed by atoms with van der Waals surface area (Å²) in [4.78, 5) is 32.4. The number of carbonyl (C=O) groups is 2. The molecule has 5 rings (SSSR count). The first-order valence-electron chi connectivity index (χ1n) is 12.7. The molecule has 1 aliphatic heterocycles. The summed E-state index contributed by atoms with van der Waals surface area (Å²) in [6.45, 7) is 0.494. The van der Waals surface area contributed by atoms with Crippen LogP contribution in [-0.4, -0.2) is 40.9 Å². The molecule has 1 fully saturated rings. The summed E-state index contributed by atoms with van der Waals surface area (Å²) >= 11 is 0. The number of Topliss-reactive ketones (excluding diaryl/α,β-unsaturated/α-hetero) is 1. The van der Waals surface area contributed by atoms with Crippen molar-refractivity contribution in [3.63, 3.8) is 0 Å². The SMILES string of the molecule is COc1ccc(OC)c(C2/C(=C(\O)c3ccc(OCc4ccccc4)cc3)C(=O)C(=O)N2Cc2cccnc2)c1. The maximum atomic E-state index is 13.5. The number of likely N-dealkylation sites (tertiary alicyclic amines) is 1. The van der Waals surface area contributed by atoms with Gasteiger partial charge in [0.2, 0.25) is 0 Å². The number of benzene rings is 3. The van der Waals surface area contributed by atoms with Gasteiger partial charge in [-0.25, -0.2) is 0 Å². The van der Waals surface area contributed by atoms with Crippen LogP contribution in [0.25, 0.3) is 5.76 Å². The lowest BCUT2D eigenvalue weighted by atomic mass is 9.94. The first-order valence-corrected chi connectivity index (χ1v) is 12.7. The van der Waals surface area contributed by atoms with Gasteiger partial charge in [-0.05, 0) is 59.7 Å². The maximum absolute atomic E-state index is 13.5. The van der Waals surface area contributed by atoms with Gasteiger partial charge in [0, 0.05) is 30.1 Å². The summed E-state index contributed by atoms with van der Waals surface area (Å²) in [6.07, 6.45) is 3.26. The Bertz CT molecular complexity index is 1540. The topological polar surface area (TPSA) is 98.2 Å². The number of aromatic nitrogens is 1. The number of hydrogen-bond acceptors (Lipinski definition) is 7. The van der Waals surface area contributed by atoms with Crippen LogP contribution in [0.5, 0.6) is 17.2 Å². The molecule has 0 radical (unpaired) electrons. The number of nitrogens with zero attached hydrogens (tertiary/aromatic N) is 2. The summed E-state index contributed by atoms with van der Waals surface area (Å²) in [5.74, 6) is -0.258. The molecule has 1 N–H and O–H groups in total. The number of amides is 1. The molecule has 0 bridgehead atoms. The van der Waals surface area contributed by atoms with Crippen molar-refractivity contribution in [1.82, 2.24) is 9.88 Å². The van der Waals surface area contributed by atoms with Gasteiger partial charge in [0.1, 0.15) is 29.6 Å². The minimum Gasteiger partial charge on any atom is -0.507 e. The lowest BCUT2D eigenvalue weighted by Crippen LogP contribution is -2.29. The standard InChI is InChI=1S/C32H28N2O6/c1-38-25-14-15-27(39-2)26(17-25)29-28(31(36)32(37)34(29)19-22-9-6-16-33-18-22)30(35)23-10-12-24(13-11-23)40-20-21-7-4-3-5-8-21/h3-18,29,35H,19-20H2,1-2H3/b30-28+. The summed E-state index contributed by atoms with van der Waals surface area (Å²) < 4.78 is 16.9. The van der Waals surface area contributed by atoms with Gasteiger partial charge in [-0.1, -0.05) is 36.4 Å². The fourth-order valence-electron chi connectivity index (χ4n) is 4.71. The van der Waals surface area contributed by atoms with Crippen LogP contribution in [-0.2, 0) is 22.7 Å². The third kappa shape index (κ3) is 5.37. The van der Waals surface area contributed by atoms with Gasteiger partial charge in [0.25, 0.3) is 11.7 Å². The number of aliphatic hydroxyl groups excluding tert-OH is 1. The molecule has 1 aliphatic rings. The van der Waals surface area contributed by atoms with Gasteiger partial charge in [0.15, 0.2) is 0 Å². The summed E-state index contributed by atoms with van der Waals surface area (Å²) in [6, 6.07) is 24.3. The van der Waals surface area contributed by atoms with Gasteiger partial charge in [-0.3, -0.25) is 14.6 Å². The fraction of sp³-hybridized carbons (Fsp3) is 0.156. The second kappa shape index (κ2) is 11.7. The molecule has 8 nitrogen and oxygen atoms in total. The predicted octanol–water partition coefficient (Wildman–Crippen LogP) is 5.30. The average molecular weight is 537 g/mol. The number of methoxy groups -OCH3 is 2. The van der Waals surface area contributed by atoms with E-state index in [1.165, 1.54) is 19.1 Å². The number of carbonyl (C=O) groups excluding carboxylic acids is 2. The number of pyridine rings is 1. The molecule has 202 valence electrons. The van der Waals surface area contributed by atoms with E-state index in [-0.39, 0.29) is 17.9 Å². The van der Waals surface area contributed by atoms with Crippen molar-refractivity contribution in [1.29, 1.82) is 0 Å². The molecule has 1 unspecified atom stereocenters. The molecule has 1 amide bonds. The van der Waals surface area contributed by atoms with Gasteiger partial charge in [-0.2, -0.15) is 0 Å². The maximum Gasteiger partial charge on any atom is 0.295 e. The fourth-order valence-corrected chi connectivity index (χ4v) is 4.71. The first kappa shape index (κ1) is 26.5. The van der Waals surface area contributed by atoms with E-state index in [4.69, 9.17) is 14.2 Å². The van der Waals surface area contributed by atoms with Crippen LogP contribution >= 0.6 is 0 Å². The van der Waals surface area contributed by atoms with Crippen molar-refractivity contribution in [3.05, 3.63) is 125 Å². The molecule has 0 aliphatic carbocycles. The van der Waals surface area contributed by atoms with E-state index in [1.54, 1.807) is 60.9 Å². The van der Waals surface area contributed by atoms with E-state index in [0.29, 0.717) is 35.0 Å². The van der Waals surface area contributed by atoms with Crippen molar-refractivity contribution < 1.29 is 28.9 Å². The Hall–Kier alpha value is -5.11. The summed E-state index contributed by atoms with van der Waals surface area (Å²) in [7, 11) is 3.03. The van der Waals surface area contributed by atoms with Crippen molar-refractivity contribution in [2.45, 2.75) is 19.2 Å². The molecule has 0 spiro atoms. The normalized spacial score (nSPS) is 16.1. The molecule has 1 aromatic heterocycles. The summed E-state index contributed by atoms with van der Waals surface area (Å²) in [5.41, 5.74) is 2.59. The Morgan fingerprint density at radius 2 is 1.60 bits per heavy atom. The van der Waals surface area contributed by atoms with E-state index in [9.17, 15) is 14.7 Å². The van der Waals surface area contributed by atoms with E-state index in [2.05, 4.69) is 4.98 Å². The van der Waals surface area contributed by atoms with Crippen LogP contribution in [0, 0.1) is 0 Å². The lowest BCUT2D eigenvalue weighted by molar-refractivity contribution is -0.140. The van der Waals surface area contributed by atoms with Crippen molar-refractivity contribution in [3.8, 4) is 17.2 Å². The zero-order valence-electron chi connectivity index (χ0n) is 22.1. The van der Waals surface area contributed by atoms with E-state index in [1.807, 2.05) is 36.4 Å². The minimum atomic E-state index is -0.931. The molecule has 1 saturated heterocycles. The van der Waals surface area contributed by atoms with Crippen LogP contribution in [0.3, 0.4) is 0 Å². The molecule has 1 atom stereocenters. The number of ether oxygens (including phenoxy) is 3. The third-order valence-electron chi connectivity index (χ3n) is 6.72. The molecule has 3 aromatic carbocycles. The average Bonchev–Trinajstić information content (AvgIpc) is 3.25. The summed E-state index contributed by atoms with van der Waals surface area (Å²) in [5, 5.41) is 11.5. The second-order valence-corrected chi connectivity index (χ2v) is 9.19. The Balaban J connectivity index is 1.55. The Labute approximate surface area is 232 Å². The smallest absolute Gasteiger partial charge is 0.295 e. The minimum absolute atomic E-state index is 0.0432. The van der Waals surface area contributed by atoms with Crippen LogP contribution in [0.15, 0.2) is 103 Å².